The second kappa shape index (κ2) is 9.77. The first-order valence-electron chi connectivity index (χ1n) is 9.10. The van der Waals surface area contributed by atoms with E-state index in [0.29, 0.717) is 28.2 Å². The fourth-order valence-electron chi connectivity index (χ4n) is 2.68. The topological polar surface area (TPSA) is 30.8 Å². The quantitative estimate of drug-likeness (QED) is 0.371. The Hall–Kier alpha value is -2.56. The molecule has 0 unspecified atom stereocenters. The summed E-state index contributed by atoms with van der Waals surface area (Å²) in [5.41, 5.74) is 3.28. The van der Waals surface area contributed by atoms with Crippen LogP contribution in [0.5, 0.6) is 11.5 Å². The van der Waals surface area contributed by atoms with Gasteiger partial charge >= 0.3 is 0 Å². The van der Waals surface area contributed by atoms with E-state index in [1.807, 2.05) is 38.1 Å². The molecular weight excluding hydrogens is 412 g/mol. The van der Waals surface area contributed by atoms with Crippen LogP contribution in [0.1, 0.15) is 23.6 Å². The van der Waals surface area contributed by atoms with E-state index >= 15 is 0 Å². The number of benzene rings is 3. The van der Waals surface area contributed by atoms with E-state index in [1.165, 1.54) is 12.1 Å². The van der Waals surface area contributed by atoms with Crippen molar-refractivity contribution < 1.29 is 13.9 Å². The SMILES string of the molecule is CCOc1cc(C=Nc2cccc(Cl)c2C)cc(Cl)c1OCc1ccc(F)cc1. The molecule has 3 aromatic rings. The maximum Gasteiger partial charge on any atom is 0.180 e. The van der Waals surface area contributed by atoms with Gasteiger partial charge in [-0.05, 0) is 66.9 Å². The van der Waals surface area contributed by atoms with Gasteiger partial charge in [-0.25, -0.2) is 4.39 Å². The number of nitrogens with zero attached hydrogens (tertiary/aromatic N) is 1. The Morgan fingerprint density at radius 3 is 2.48 bits per heavy atom. The monoisotopic (exact) mass is 431 g/mol. The normalized spacial score (nSPS) is 11.1. The van der Waals surface area contributed by atoms with Gasteiger partial charge in [0.1, 0.15) is 12.4 Å². The van der Waals surface area contributed by atoms with Crippen LogP contribution in [-0.2, 0) is 6.61 Å². The molecule has 150 valence electrons. The maximum absolute atomic E-state index is 13.1. The number of rotatable bonds is 7. The molecule has 3 aromatic carbocycles. The van der Waals surface area contributed by atoms with Crippen LogP contribution in [0.15, 0.2) is 59.6 Å². The molecule has 0 spiro atoms. The van der Waals surface area contributed by atoms with Gasteiger partial charge in [0.15, 0.2) is 11.5 Å². The summed E-state index contributed by atoms with van der Waals surface area (Å²) >= 11 is 12.6. The van der Waals surface area contributed by atoms with Crippen LogP contribution in [0.25, 0.3) is 0 Å². The molecular formula is C23H20Cl2FNO2. The molecule has 0 aliphatic carbocycles. The van der Waals surface area contributed by atoms with Crippen LogP contribution < -0.4 is 9.47 Å². The van der Waals surface area contributed by atoms with Crippen molar-refractivity contribution in [3.05, 3.63) is 87.2 Å². The summed E-state index contributed by atoms with van der Waals surface area (Å²) in [6.45, 7) is 4.50. The minimum Gasteiger partial charge on any atom is -0.490 e. The van der Waals surface area contributed by atoms with Crippen molar-refractivity contribution in [2.75, 3.05) is 6.61 Å². The lowest BCUT2D eigenvalue weighted by atomic mass is 10.2. The molecule has 0 heterocycles. The molecule has 0 atom stereocenters. The van der Waals surface area contributed by atoms with E-state index in [-0.39, 0.29) is 12.4 Å². The fraction of sp³-hybridized carbons (Fsp3) is 0.174. The average molecular weight is 432 g/mol. The van der Waals surface area contributed by atoms with Crippen molar-refractivity contribution >= 4 is 35.1 Å². The predicted octanol–water partition coefficient (Wildman–Crippen LogP) is 7.17. The molecule has 0 amide bonds. The standard InChI is InChI=1S/C23H20Cl2FNO2/c1-3-28-22-12-17(13-27-21-6-4-5-19(24)15(21)2)11-20(25)23(22)29-14-16-7-9-18(26)10-8-16/h4-13H,3,14H2,1-2H3. The lowest BCUT2D eigenvalue weighted by Crippen LogP contribution is -2.01. The van der Waals surface area contributed by atoms with Crippen molar-refractivity contribution in [1.29, 1.82) is 0 Å². The first-order valence-corrected chi connectivity index (χ1v) is 9.86. The number of hydrogen-bond donors (Lipinski definition) is 0. The Labute approximate surface area is 179 Å². The summed E-state index contributed by atoms with van der Waals surface area (Å²) in [5.74, 6) is 0.667. The largest absolute Gasteiger partial charge is 0.490 e. The second-order valence-electron chi connectivity index (χ2n) is 6.32. The zero-order chi connectivity index (χ0) is 20.8. The van der Waals surface area contributed by atoms with E-state index < -0.39 is 0 Å². The summed E-state index contributed by atoms with van der Waals surface area (Å²) in [5, 5.41) is 1.07. The molecule has 3 nitrogen and oxygen atoms in total. The van der Waals surface area contributed by atoms with E-state index in [4.69, 9.17) is 32.7 Å². The molecule has 0 aliphatic rings. The Morgan fingerprint density at radius 2 is 1.76 bits per heavy atom. The summed E-state index contributed by atoms with van der Waals surface area (Å²) in [6.07, 6.45) is 1.71. The first kappa shape index (κ1) is 21.2. The molecule has 0 aliphatic heterocycles. The molecule has 0 radical (unpaired) electrons. The van der Waals surface area contributed by atoms with Gasteiger partial charge in [0.25, 0.3) is 0 Å². The van der Waals surface area contributed by atoms with Gasteiger partial charge in [0.05, 0.1) is 17.3 Å². The number of halogens is 3. The zero-order valence-corrected chi connectivity index (χ0v) is 17.6. The number of aliphatic imine (C=N–C) groups is 1. The highest BCUT2D eigenvalue weighted by atomic mass is 35.5. The lowest BCUT2D eigenvalue weighted by Gasteiger charge is -2.14. The van der Waals surface area contributed by atoms with Crippen molar-refractivity contribution in [1.82, 2.24) is 0 Å². The summed E-state index contributed by atoms with van der Waals surface area (Å²) in [4.78, 5) is 4.51. The third kappa shape index (κ3) is 5.49. The molecule has 3 rings (SSSR count). The van der Waals surface area contributed by atoms with Crippen molar-refractivity contribution in [3.63, 3.8) is 0 Å². The van der Waals surface area contributed by atoms with Gasteiger partial charge in [-0.1, -0.05) is 41.4 Å². The molecule has 0 N–H and O–H groups in total. The Kier molecular flexibility index (Phi) is 7.13. The van der Waals surface area contributed by atoms with Gasteiger partial charge in [-0.15, -0.1) is 0 Å². The van der Waals surface area contributed by atoms with Crippen LogP contribution in [0.4, 0.5) is 10.1 Å². The average Bonchev–Trinajstić information content (AvgIpc) is 2.70. The molecule has 0 saturated heterocycles. The highest BCUT2D eigenvalue weighted by Gasteiger charge is 2.13. The Balaban J connectivity index is 1.84. The minimum absolute atomic E-state index is 0.245. The highest BCUT2D eigenvalue weighted by Crippen LogP contribution is 2.37. The van der Waals surface area contributed by atoms with E-state index in [0.717, 1.165) is 22.4 Å². The van der Waals surface area contributed by atoms with Crippen LogP contribution in [0.2, 0.25) is 10.0 Å². The number of hydrogen-bond acceptors (Lipinski definition) is 3. The molecule has 0 fully saturated rings. The van der Waals surface area contributed by atoms with Crippen LogP contribution in [0.3, 0.4) is 0 Å². The maximum atomic E-state index is 13.1. The molecule has 6 heteroatoms. The third-order valence-electron chi connectivity index (χ3n) is 4.22. The Bertz CT molecular complexity index is 1020. The molecule has 0 bridgehead atoms. The van der Waals surface area contributed by atoms with Crippen LogP contribution in [0, 0.1) is 12.7 Å². The smallest absolute Gasteiger partial charge is 0.180 e. The van der Waals surface area contributed by atoms with Gasteiger partial charge in [-0.2, -0.15) is 0 Å². The summed E-state index contributed by atoms with van der Waals surface area (Å²) in [7, 11) is 0. The van der Waals surface area contributed by atoms with Gasteiger partial charge < -0.3 is 9.47 Å². The minimum atomic E-state index is -0.291. The number of ether oxygens (including phenoxy) is 2. The predicted molar refractivity (Wildman–Crippen MR) is 117 cm³/mol. The summed E-state index contributed by atoms with van der Waals surface area (Å²) in [6, 6.07) is 15.3. The second-order valence-corrected chi connectivity index (χ2v) is 7.13. The van der Waals surface area contributed by atoms with Crippen molar-refractivity contribution in [2.24, 2.45) is 4.99 Å². The summed E-state index contributed by atoms with van der Waals surface area (Å²) < 4.78 is 24.6. The van der Waals surface area contributed by atoms with Crippen LogP contribution >= 0.6 is 23.2 Å². The van der Waals surface area contributed by atoms with Gasteiger partial charge in [0.2, 0.25) is 0 Å². The van der Waals surface area contributed by atoms with Gasteiger partial charge in [0, 0.05) is 11.2 Å². The third-order valence-corrected chi connectivity index (χ3v) is 4.91. The van der Waals surface area contributed by atoms with Crippen molar-refractivity contribution in [3.8, 4) is 11.5 Å². The highest BCUT2D eigenvalue weighted by molar-refractivity contribution is 6.32. The van der Waals surface area contributed by atoms with E-state index in [1.54, 1.807) is 24.4 Å². The van der Waals surface area contributed by atoms with E-state index in [2.05, 4.69) is 4.99 Å². The Morgan fingerprint density at radius 1 is 1.00 bits per heavy atom. The molecule has 0 aromatic heterocycles. The molecule has 0 saturated carbocycles. The zero-order valence-electron chi connectivity index (χ0n) is 16.1. The van der Waals surface area contributed by atoms with Crippen LogP contribution in [-0.4, -0.2) is 12.8 Å². The van der Waals surface area contributed by atoms with E-state index in [9.17, 15) is 4.39 Å². The van der Waals surface area contributed by atoms with Crippen molar-refractivity contribution in [2.45, 2.75) is 20.5 Å². The fourth-order valence-corrected chi connectivity index (χ4v) is 3.12. The first-order chi connectivity index (χ1) is 14.0. The lowest BCUT2D eigenvalue weighted by molar-refractivity contribution is 0.269. The van der Waals surface area contributed by atoms with Gasteiger partial charge in [-0.3, -0.25) is 4.99 Å². The molecule has 29 heavy (non-hydrogen) atoms.